The van der Waals surface area contributed by atoms with Crippen molar-refractivity contribution >= 4 is 10.9 Å². The van der Waals surface area contributed by atoms with Gasteiger partial charge in [0.25, 0.3) is 0 Å². The monoisotopic (exact) mass is 271 g/mol. The molecule has 2 aromatic carbocycles. The van der Waals surface area contributed by atoms with E-state index >= 15 is 0 Å². The minimum absolute atomic E-state index is 0.0821. The first-order valence-corrected chi connectivity index (χ1v) is 6.13. The molecule has 20 heavy (non-hydrogen) atoms. The van der Waals surface area contributed by atoms with Gasteiger partial charge in [0.15, 0.2) is 0 Å². The van der Waals surface area contributed by atoms with Crippen LogP contribution in [0.1, 0.15) is 17.2 Å². The zero-order valence-electron chi connectivity index (χ0n) is 10.4. The fourth-order valence-corrected chi connectivity index (χ4v) is 2.26. The minimum atomic E-state index is -1.24. The third kappa shape index (κ3) is 2.14. The molecule has 1 unspecified atom stereocenters. The second kappa shape index (κ2) is 4.98. The van der Waals surface area contributed by atoms with Gasteiger partial charge in [-0.15, -0.1) is 0 Å². The third-order valence-corrected chi connectivity index (χ3v) is 3.23. The molecule has 3 aromatic rings. The summed E-state index contributed by atoms with van der Waals surface area (Å²) in [6.45, 7) is 0. The number of rotatable bonds is 2. The van der Waals surface area contributed by atoms with E-state index in [1.54, 1.807) is 36.5 Å². The quantitative estimate of drug-likeness (QED) is 0.772. The van der Waals surface area contributed by atoms with Gasteiger partial charge < -0.3 is 5.11 Å². The van der Waals surface area contributed by atoms with Crippen LogP contribution in [0, 0.1) is 11.6 Å². The van der Waals surface area contributed by atoms with E-state index in [-0.39, 0.29) is 5.56 Å². The molecular formula is C16H11F2NO. The van der Waals surface area contributed by atoms with Crippen molar-refractivity contribution in [3.63, 3.8) is 0 Å². The summed E-state index contributed by atoms with van der Waals surface area (Å²) in [6.07, 6.45) is 0.403. The van der Waals surface area contributed by atoms with Gasteiger partial charge in [-0.2, -0.15) is 0 Å². The van der Waals surface area contributed by atoms with E-state index in [2.05, 4.69) is 4.98 Å². The lowest BCUT2D eigenvalue weighted by molar-refractivity contribution is 0.216. The highest BCUT2D eigenvalue weighted by atomic mass is 19.1. The van der Waals surface area contributed by atoms with E-state index in [9.17, 15) is 13.9 Å². The Morgan fingerprint density at radius 2 is 1.80 bits per heavy atom. The highest BCUT2D eigenvalue weighted by molar-refractivity contribution is 5.82. The van der Waals surface area contributed by atoms with Gasteiger partial charge in [-0.25, -0.2) is 8.78 Å². The number of hydrogen-bond acceptors (Lipinski definition) is 2. The molecule has 1 heterocycles. The maximum Gasteiger partial charge on any atom is 0.129 e. The van der Waals surface area contributed by atoms with Crippen LogP contribution in [0.4, 0.5) is 8.78 Å². The van der Waals surface area contributed by atoms with Crippen molar-refractivity contribution in [2.75, 3.05) is 0 Å². The maximum atomic E-state index is 13.8. The molecule has 3 rings (SSSR count). The summed E-state index contributed by atoms with van der Waals surface area (Å²) in [5.74, 6) is -1.22. The second-order valence-electron chi connectivity index (χ2n) is 4.49. The van der Waals surface area contributed by atoms with Gasteiger partial charge in [0.05, 0.1) is 5.52 Å². The lowest BCUT2D eigenvalue weighted by Gasteiger charge is -2.14. The number of aliphatic hydroxyl groups is 1. The summed E-state index contributed by atoms with van der Waals surface area (Å²) in [7, 11) is 0. The van der Waals surface area contributed by atoms with Gasteiger partial charge in [0, 0.05) is 17.1 Å². The molecular weight excluding hydrogens is 260 g/mol. The second-order valence-corrected chi connectivity index (χ2v) is 4.49. The molecule has 1 N–H and O–H groups in total. The fourth-order valence-electron chi connectivity index (χ4n) is 2.26. The molecule has 0 saturated heterocycles. The number of pyridine rings is 1. The number of benzene rings is 2. The fraction of sp³-hybridized carbons (Fsp3) is 0.0625. The van der Waals surface area contributed by atoms with Crippen LogP contribution in [0.15, 0.2) is 54.7 Å². The Bertz CT molecular complexity index is 768. The van der Waals surface area contributed by atoms with Gasteiger partial charge in [0.1, 0.15) is 17.7 Å². The van der Waals surface area contributed by atoms with E-state index < -0.39 is 17.7 Å². The first-order chi connectivity index (χ1) is 9.66. The van der Waals surface area contributed by atoms with Crippen molar-refractivity contribution in [3.8, 4) is 0 Å². The lowest BCUT2D eigenvalue weighted by atomic mass is 9.97. The first kappa shape index (κ1) is 12.7. The Balaban J connectivity index is 2.17. The van der Waals surface area contributed by atoms with Crippen LogP contribution in [-0.2, 0) is 0 Å². The van der Waals surface area contributed by atoms with E-state index in [1.165, 1.54) is 0 Å². The molecule has 2 nitrogen and oxygen atoms in total. The predicted octanol–water partition coefficient (Wildman–Crippen LogP) is 3.59. The Morgan fingerprint density at radius 1 is 0.950 bits per heavy atom. The molecule has 4 heteroatoms. The average Bonchev–Trinajstić information content (AvgIpc) is 2.48. The van der Waals surface area contributed by atoms with E-state index in [1.807, 2.05) is 0 Å². The van der Waals surface area contributed by atoms with Crippen LogP contribution in [0.5, 0.6) is 0 Å². The Labute approximate surface area is 114 Å². The molecule has 1 atom stereocenters. The topological polar surface area (TPSA) is 33.1 Å². The molecule has 0 fully saturated rings. The normalized spacial score (nSPS) is 12.6. The molecule has 0 amide bonds. The number of nitrogens with zero attached hydrogens (tertiary/aromatic N) is 1. The Morgan fingerprint density at radius 3 is 2.65 bits per heavy atom. The van der Waals surface area contributed by atoms with Crippen molar-refractivity contribution in [2.45, 2.75) is 6.10 Å². The number of aromatic nitrogens is 1. The summed E-state index contributed by atoms with van der Waals surface area (Å²) in [5, 5.41) is 11.1. The van der Waals surface area contributed by atoms with Gasteiger partial charge in [-0.3, -0.25) is 4.98 Å². The maximum absolute atomic E-state index is 13.8. The van der Waals surface area contributed by atoms with Crippen LogP contribution >= 0.6 is 0 Å². The van der Waals surface area contributed by atoms with Gasteiger partial charge in [0.2, 0.25) is 0 Å². The third-order valence-electron chi connectivity index (χ3n) is 3.23. The van der Waals surface area contributed by atoms with E-state index in [0.29, 0.717) is 16.5 Å². The van der Waals surface area contributed by atoms with E-state index in [4.69, 9.17) is 0 Å². The number of fused-ring (bicyclic) bond motifs is 1. The van der Waals surface area contributed by atoms with Crippen molar-refractivity contribution in [1.29, 1.82) is 0 Å². The minimum Gasteiger partial charge on any atom is -0.384 e. The van der Waals surface area contributed by atoms with Crippen LogP contribution in [0.3, 0.4) is 0 Å². The largest absolute Gasteiger partial charge is 0.384 e. The number of halogens is 2. The van der Waals surface area contributed by atoms with Crippen LogP contribution in [0.25, 0.3) is 10.9 Å². The van der Waals surface area contributed by atoms with Crippen molar-refractivity contribution in [2.24, 2.45) is 0 Å². The number of aliphatic hydroxyl groups excluding tert-OH is 1. The first-order valence-electron chi connectivity index (χ1n) is 6.13. The summed E-state index contributed by atoms with van der Waals surface area (Å²) >= 11 is 0. The molecule has 0 saturated carbocycles. The van der Waals surface area contributed by atoms with Crippen LogP contribution < -0.4 is 0 Å². The van der Waals surface area contributed by atoms with Gasteiger partial charge in [-0.1, -0.05) is 18.2 Å². The average molecular weight is 271 g/mol. The van der Waals surface area contributed by atoms with Crippen molar-refractivity contribution < 1.29 is 13.9 Å². The molecule has 0 aliphatic heterocycles. The summed E-state index contributed by atoms with van der Waals surface area (Å²) < 4.78 is 27.0. The molecule has 0 aliphatic carbocycles. The van der Waals surface area contributed by atoms with Crippen molar-refractivity contribution in [1.82, 2.24) is 4.98 Å². The highest BCUT2D eigenvalue weighted by Crippen LogP contribution is 2.29. The summed E-state index contributed by atoms with van der Waals surface area (Å²) in [6, 6.07) is 11.8. The standard InChI is InChI=1S/C16H11F2NO/c17-10-6-7-14(18)13(9-10)16(20)12-3-1-5-15-11(12)4-2-8-19-15/h1-9,16,20H. The SMILES string of the molecule is OC(c1cc(F)ccc1F)c1cccc2ncccc12. The van der Waals surface area contributed by atoms with E-state index in [0.717, 1.165) is 18.2 Å². The van der Waals surface area contributed by atoms with Crippen molar-refractivity contribution in [3.05, 3.63) is 77.5 Å². The molecule has 1 aromatic heterocycles. The zero-order valence-corrected chi connectivity index (χ0v) is 10.4. The molecule has 0 bridgehead atoms. The Hall–Kier alpha value is -2.33. The predicted molar refractivity (Wildman–Crippen MR) is 72.2 cm³/mol. The van der Waals surface area contributed by atoms with Crippen LogP contribution in [-0.4, -0.2) is 10.1 Å². The van der Waals surface area contributed by atoms with Crippen LogP contribution in [0.2, 0.25) is 0 Å². The van der Waals surface area contributed by atoms with Gasteiger partial charge >= 0.3 is 0 Å². The Kier molecular flexibility index (Phi) is 3.16. The summed E-state index contributed by atoms with van der Waals surface area (Å²) in [4.78, 5) is 4.18. The summed E-state index contributed by atoms with van der Waals surface area (Å²) in [5.41, 5.74) is 1.11. The smallest absolute Gasteiger partial charge is 0.129 e. The molecule has 100 valence electrons. The number of hydrogen-bond donors (Lipinski definition) is 1. The zero-order chi connectivity index (χ0) is 14.1. The highest BCUT2D eigenvalue weighted by Gasteiger charge is 2.18. The molecule has 0 spiro atoms. The molecule has 0 radical (unpaired) electrons. The molecule has 0 aliphatic rings. The lowest BCUT2D eigenvalue weighted by Crippen LogP contribution is -2.04. The van der Waals surface area contributed by atoms with Gasteiger partial charge in [-0.05, 0) is 35.9 Å².